The van der Waals surface area contributed by atoms with Gasteiger partial charge in [-0.15, -0.1) is 11.3 Å². The van der Waals surface area contributed by atoms with Crippen LogP contribution >= 0.6 is 11.3 Å². The van der Waals surface area contributed by atoms with Crippen LogP contribution in [0.5, 0.6) is 5.88 Å². The van der Waals surface area contributed by atoms with Crippen LogP contribution in [0.2, 0.25) is 0 Å². The van der Waals surface area contributed by atoms with Crippen molar-refractivity contribution in [3.8, 4) is 23.1 Å². The van der Waals surface area contributed by atoms with Crippen LogP contribution in [-0.4, -0.2) is 41.4 Å². The summed E-state index contributed by atoms with van der Waals surface area (Å²) in [5, 5.41) is 10.9. The van der Waals surface area contributed by atoms with Crippen LogP contribution in [-0.2, 0) is 19.9 Å². The van der Waals surface area contributed by atoms with E-state index in [9.17, 15) is 0 Å². The molecule has 0 spiro atoms. The Hall–Kier alpha value is -3.27. The molecule has 0 unspecified atom stereocenters. The summed E-state index contributed by atoms with van der Waals surface area (Å²) in [6.07, 6.45) is 9.80. The maximum Gasteiger partial charge on any atom is 0.258 e. The Balaban J connectivity index is 1.42. The molecule has 1 aliphatic carbocycles. The van der Waals surface area contributed by atoms with E-state index < -0.39 is 0 Å². The lowest BCUT2D eigenvalue weighted by atomic mass is 9.97. The van der Waals surface area contributed by atoms with Gasteiger partial charge in [0.15, 0.2) is 5.13 Å². The molecular formula is C20H22N8OS. The fraction of sp³-hybridized carbons (Fsp3) is 0.350. The minimum Gasteiger partial charge on any atom is -0.478 e. The Labute approximate surface area is 177 Å². The largest absolute Gasteiger partial charge is 0.478 e. The number of aromatic nitrogens is 7. The standard InChI is InChI=1S/C20H22N8OS/c1-12-9-28(11-22-12)18-19(29-3)23-15(8-21-18)16-10-30-20(24-16)25-17-13-6-4-5-7-14(13)26-27(17)2/h8-11H,4-7H2,1-3H3,(H,24,25). The van der Waals surface area contributed by atoms with E-state index in [-0.39, 0.29) is 0 Å². The molecule has 0 bridgehead atoms. The second-order valence-corrected chi connectivity index (χ2v) is 8.14. The summed E-state index contributed by atoms with van der Waals surface area (Å²) in [6, 6.07) is 0. The zero-order chi connectivity index (χ0) is 20.7. The molecule has 0 radical (unpaired) electrons. The molecule has 0 aromatic carbocycles. The summed E-state index contributed by atoms with van der Waals surface area (Å²) in [6.45, 7) is 1.92. The molecule has 5 rings (SSSR count). The van der Waals surface area contributed by atoms with Crippen LogP contribution < -0.4 is 10.1 Å². The molecule has 0 saturated heterocycles. The highest BCUT2D eigenvalue weighted by Crippen LogP contribution is 2.32. The van der Waals surface area contributed by atoms with Gasteiger partial charge in [-0.1, -0.05) is 0 Å². The lowest BCUT2D eigenvalue weighted by molar-refractivity contribution is 0.394. The predicted molar refractivity (Wildman–Crippen MR) is 115 cm³/mol. The van der Waals surface area contributed by atoms with Gasteiger partial charge in [-0.25, -0.2) is 19.9 Å². The number of thiazole rings is 1. The Bertz CT molecular complexity index is 1210. The number of rotatable bonds is 5. The Kier molecular flexibility index (Phi) is 4.70. The number of nitrogens with zero attached hydrogens (tertiary/aromatic N) is 7. The number of nitrogens with one attached hydrogen (secondary N) is 1. The highest BCUT2D eigenvalue weighted by molar-refractivity contribution is 7.14. The van der Waals surface area contributed by atoms with Crippen LogP contribution in [0.3, 0.4) is 0 Å². The van der Waals surface area contributed by atoms with Crippen molar-refractivity contribution in [1.82, 2.24) is 34.3 Å². The Morgan fingerprint density at radius 3 is 2.80 bits per heavy atom. The van der Waals surface area contributed by atoms with Crippen molar-refractivity contribution < 1.29 is 4.74 Å². The van der Waals surface area contributed by atoms with E-state index in [1.807, 2.05) is 30.2 Å². The van der Waals surface area contributed by atoms with E-state index in [2.05, 4.69) is 25.4 Å². The fourth-order valence-electron chi connectivity index (χ4n) is 3.73. The molecule has 0 aliphatic heterocycles. The lowest BCUT2D eigenvalue weighted by Crippen LogP contribution is -2.04. The summed E-state index contributed by atoms with van der Waals surface area (Å²) >= 11 is 1.53. The highest BCUT2D eigenvalue weighted by atomic mass is 32.1. The first-order chi connectivity index (χ1) is 14.6. The van der Waals surface area contributed by atoms with Crippen molar-refractivity contribution in [1.29, 1.82) is 0 Å². The topological polar surface area (TPSA) is 95.6 Å². The molecule has 0 amide bonds. The molecule has 10 heteroatoms. The van der Waals surface area contributed by atoms with E-state index >= 15 is 0 Å². The molecule has 1 N–H and O–H groups in total. The molecule has 30 heavy (non-hydrogen) atoms. The third-order valence-electron chi connectivity index (χ3n) is 5.18. The average molecular weight is 423 g/mol. The van der Waals surface area contributed by atoms with E-state index in [1.54, 1.807) is 24.2 Å². The minimum atomic E-state index is 0.424. The zero-order valence-corrected chi connectivity index (χ0v) is 17.9. The van der Waals surface area contributed by atoms with Gasteiger partial charge in [-0.2, -0.15) is 5.10 Å². The van der Waals surface area contributed by atoms with Crippen LogP contribution in [0.1, 0.15) is 29.8 Å². The van der Waals surface area contributed by atoms with Gasteiger partial charge in [0.25, 0.3) is 5.88 Å². The third kappa shape index (κ3) is 3.32. The number of imidazole rings is 1. The number of aryl methyl sites for hydroxylation is 3. The minimum absolute atomic E-state index is 0.424. The maximum absolute atomic E-state index is 5.47. The van der Waals surface area contributed by atoms with Crippen molar-refractivity contribution in [3.05, 3.63) is 41.1 Å². The van der Waals surface area contributed by atoms with Crippen molar-refractivity contribution in [2.24, 2.45) is 7.05 Å². The second kappa shape index (κ2) is 7.52. The monoisotopic (exact) mass is 422 g/mol. The number of anilines is 2. The van der Waals surface area contributed by atoms with E-state index in [0.717, 1.165) is 35.2 Å². The van der Waals surface area contributed by atoms with Gasteiger partial charge >= 0.3 is 0 Å². The lowest BCUT2D eigenvalue weighted by Gasteiger charge is -2.11. The van der Waals surface area contributed by atoms with Gasteiger partial charge in [-0.05, 0) is 32.6 Å². The molecule has 4 aromatic heterocycles. The number of ether oxygens (including phenoxy) is 1. The molecule has 154 valence electrons. The first kappa shape index (κ1) is 18.7. The van der Waals surface area contributed by atoms with Crippen LogP contribution in [0, 0.1) is 6.92 Å². The molecule has 1 aliphatic rings. The van der Waals surface area contributed by atoms with Gasteiger partial charge in [-0.3, -0.25) is 9.25 Å². The smallest absolute Gasteiger partial charge is 0.258 e. The molecule has 4 aromatic rings. The van der Waals surface area contributed by atoms with Crippen molar-refractivity contribution >= 4 is 22.3 Å². The van der Waals surface area contributed by atoms with Crippen LogP contribution in [0.4, 0.5) is 10.9 Å². The third-order valence-corrected chi connectivity index (χ3v) is 5.94. The molecule has 0 fully saturated rings. The first-order valence-electron chi connectivity index (χ1n) is 9.82. The normalized spacial score (nSPS) is 13.3. The summed E-state index contributed by atoms with van der Waals surface area (Å²) < 4.78 is 9.18. The van der Waals surface area contributed by atoms with Gasteiger partial charge in [0.1, 0.15) is 23.5 Å². The zero-order valence-electron chi connectivity index (χ0n) is 17.1. The second-order valence-electron chi connectivity index (χ2n) is 7.28. The Morgan fingerprint density at radius 2 is 2.00 bits per heavy atom. The molecule has 0 saturated carbocycles. The fourth-order valence-corrected chi connectivity index (χ4v) is 4.43. The van der Waals surface area contributed by atoms with Crippen LogP contribution in [0.15, 0.2) is 24.1 Å². The van der Waals surface area contributed by atoms with Crippen molar-refractivity contribution in [3.63, 3.8) is 0 Å². The van der Waals surface area contributed by atoms with E-state index in [1.165, 1.54) is 35.4 Å². The number of hydrogen-bond donors (Lipinski definition) is 1. The first-order valence-corrected chi connectivity index (χ1v) is 10.7. The van der Waals surface area contributed by atoms with Crippen molar-refractivity contribution in [2.45, 2.75) is 32.6 Å². The SMILES string of the molecule is COc1nc(-c2csc(Nc3c4c(nn3C)CCCC4)n2)cnc1-n1cnc(C)c1. The predicted octanol–water partition coefficient (Wildman–Crippen LogP) is 3.46. The van der Waals surface area contributed by atoms with Crippen LogP contribution in [0.25, 0.3) is 17.2 Å². The number of hydrogen-bond acceptors (Lipinski definition) is 8. The van der Waals surface area contributed by atoms with Crippen molar-refractivity contribution in [2.75, 3.05) is 12.4 Å². The summed E-state index contributed by atoms with van der Waals surface area (Å²) in [7, 11) is 3.56. The molecular weight excluding hydrogens is 400 g/mol. The van der Waals surface area contributed by atoms with Gasteiger partial charge < -0.3 is 10.1 Å². The van der Waals surface area contributed by atoms with Gasteiger partial charge in [0.2, 0.25) is 5.82 Å². The maximum atomic E-state index is 5.47. The molecule has 4 heterocycles. The average Bonchev–Trinajstić information content (AvgIpc) is 3.47. The summed E-state index contributed by atoms with van der Waals surface area (Å²) in [4.78, 5) is 18.1. The number of methoxy groups -OCH3 is 1. The Morgan fingerprint density at radius 1 is 1.13 bits per heavy atom. The summed E-state index contributed by atoms with van der Waals surface area (Å²) in [5.41, 5.74) is 4.81. The highest BCUT2D eigenvalue weighted by Gasteiger charge is 2.20. The van der Waals surface area contributed by atoms with Gasteiger partial charge in [0.05, 0.1) is 24.7 Å². The van der Waals surface area contributed by atoms with Gasteiger partial charge in [0, 0.05) is 24.2 Å². The molecule has 9 nitrogen and oxygen atoms in total. The quantitative estimate of drug-likeness (QED) is 0.526. The van der Waals surface area contributed by atoms with E-state index in [0.29, 0.717) is 17.4 Å². The number of fused-ring (bicyclic) bond motifs is 1. The molecule has 0 atom stereocenters. The van der Waals surface area contributed by atoms with E-state index in [4.69, 9.17) is 9.72 Å². The summed E-state index contributed by atoms with van der Waals surface area (Å²) in [5.74, 6) is 2.05.